The molecular weight excluding hydrogens is 441 g/mol. The number of fused-ring (bicyclic) bond motifs is 1. The molecule has 0 saturated carbocycles. The molecule has 4 heterocycles. The number of carbonyl (C=O) groups excluding carboxylic acids is 3. The average Bonchev–Trinajstić information content (AvgIpc) is 3.55. The first-order valence-corrected chi connectivity index (χ1v) is 10.4. The second-order valence-corrected chi connectivity index (χ2v) is 7.67. The number of amides is 2. The molecule has 1 fully saturated rings. The minimum Gasteiger partial charge on any atom is -0.357 e. The minimum absolute atomic E-state index is 0.000251. The number of carbonyl (C=O) groups is 3. The molecule has 10 nitrogen and oxygen atoms in total. The van der Waals surface area contributed by atoms with Crippen molar-refractivity contribution in [3.8, 4) is 5.82 Å². The number of ketones is 1. The molecule has 0 spiro atoms. The van der Waals surface area contributed by atoms with Gasteiger partial charge in [0.05, 0.1) is 41.6 Å². The Labute approximate surface area is 192 Å². The highest BCUT2D eigenvalue weighted by Gasteiger charge is 2.33. The Balaban J connectivity index is 1.37. The van der Waals surface area contributed by atoms with E-state index in [2.05, 4.69) is 26.9 Å². The largest absolute Gasteiger partial charge is 0.357 e. The van der Waals surface area contributed by atoms with Crippen LogP contribution in [0.1, 0.15) is 20.7 Å². The molecule has 1 aliphatic rings. The quantitative estimate of drug-likeness (QED) is 0.368. The molecule has 34 heavy (non-hydrogen) atoms. The summed E-state index contributed by atoms with van der Waals surface area (Å²) in [6, 6.07) is 8.73. The predicted octanol–water partition coefficient (Wildman–Crippen LogP) is 1.96. The molecule has 1 aliphatic heterocycles. The van der Waals surface area contributed by atoms with Gasteiger partial charge in [-0.15, -0.1) is 5.10 Å². The lowest BCUT2D eigenvalue weighted by atomic mass is 10.1. The average molecular weight is 459 g/mol. The Morgan fingerprint density at radius 2 is 1.91 bits per heavy atom. The van der Waals surface area contributed by atoms with Gasteiger partial charge in [0, 0.05) is 30.5 Å². The van der Waals surface area contributed by atoms with E-state index in [9.17, 15) is 18.8 Å². The van der Waals surface area contributed by atoms with Gasteiger partial charge in [-0.05, 0) is 12.1 Å². The van der Waals surface area contributed by atoms with E-state index in [4.69, 9.17) is 0 Å². The van der Waals surface area contributed by atoms with Gasteiger partial charge in [0.1, 0.15) is 0 Å². The van der Waals surface area contributed by atoms with Gasteiger partial charge < -0.3 is 14.8 Å². The molecule has 3 aromatic heterocycles. The molecule has 0 aliphatic carbocycles. The van der Waals surface area contributed by atoms with Crippen molar-refractivity contribution in [1.82, 2.24) is 34.8 Å². The maximum absolute atomic E-state index is 14.7. The van der Waals surface area contributed by atoms with Crippen LogP contribution in [-0.2, 0) is 4.79 Å². The fourth-order valence-corrected chi connectivity index (χ4v) is 3.95. The van der Waals surface area contributed by atoms with E-state index in [1.807, 2.05) is 6.07 Å². The van der Waals surface area contributed by atoms with Crippen LogP contribution in [0.25, 0.3) is 16.7 Å². The molecule has 4 aromatic rings. The molecular formula is C23H18FN7O3. The van der Waals surface area contributed by atoms with Gasteiger partial charge in [-0.3, -0.25) is 14.4 Å². The number of aromatic amines is 1. The standard InChI is InChI=1S/C23H18FN7O3/c1-14-13-29(9-10-30(14)22(33)15-5-3-2-4-6-15)23(34)20(32)16-11-25-19-18(16)17(24)12-26-21(19)31-8-7-27-28-31/h2-8,11-12,25H,1,9-10,13H2. The Bertz CT molecular complexity index is 1430. The van der Waals surface area contributed by atoms with E-state index in [1.165, 1.54) is 33.1 Å². The summed E-state index contributed by atoms with van der Waals surface area (Å²) in [6.45, 7) is 4.24. The SMILES string of the molecule is C=C1CN(C(=O)C(=O)c2c[nH]c3c(-n4ccnn4)ncc(F)c23)CCN1C(=O)c1ccccc1. The lowest BCUT2D eigenvalue weighted by Gasteiger charge is -2.36. The summed E-state index contributed by atoms with van der Waals surface area (Å²) in [4.78, 5) is 48.5. The highest BCUT2D eigenvalue weighted by Crippen LogP contribution is 2.26. The molecule has 170 valence electrons. The topological polar surface area (TPSA) is 117 Å². The first kappa shape index (κ1) is 21.2. The first-order valence-electron chi connectivity index (χ1n) is 10.4. The smallest absolute Gasteiger partial charge is 0.295 e. The molecule has 0 unspecified atom stereocenters. The fraction of sp³-hybridized carbons (Fsp3) is 0.130. The van der Waals surface area contributed by atoms with Gasteiger partial charge in [0.2, 0.25) is 0 Å². The number of piperazine rings is 1. The zero-order chi connectivity index (χ0) is 23.8. The Hall–Kier alpha value is -4.67. The molecule has 5 rings (SSSR count). The normalized spacial score (nSPS) is 14.0. The van der Waals surface area contributed by atoms with Crippen molar-refractivity contribution in [3.63, 3.8) is 0 Å². The van der Waals surface area contributed by atoms with Gasteiger partial charge in [0.15, 0.2) is 11.6 Å². The van der Waals surface area contributed by atoms with Crippen LogP contribution in [0.2, 0.25) is 0 Å². The van der Waals surface area contributed by atoms with E-state index in [-0.39, 0.29) is 47.8 Å². The summed E-state index contributed by atoms with van der Waals surface area (Å²) >= 11 is 0. The molecule has 11 heteroatoms. The van der Waals surface area contributed by atoms with Crippen LogP contribution in [0.4, 0.5) is 4.39 Å². The number of pyridine rings is 1. The van der Waals surface area contributed by atoms with Crippen molar-refractivity contribution < 1.29 is 18.8 Å². The van der Waals surface area contributed by atoms with Crippen LogP contribution in [0.3, 0.4) is 0 Å². The Kier molecular flexibility index (Phi) is 5.21. The van der Waals surface area contributed by atoms with Crippen molar-refractivity contribution in [3.05, 3.63) is 84.3 Å². The van der Waals surface area contributed by atoms with Crippen LogP contribution in [0, 0.1) is 5.82 Å². The molecule has 0 radical (unpaired) electrons. The second kappa shape index (κ2) is 8.35. The van der Waals surface area contributed by atoms with Crippen LogP contribution in [0.15, 0.2) is 67.4 Å². The Morgan fingerprint density at radius 1 is 1.12 bits per heavy atom. The van der Waals surface area contributed by atoms with E-state index in [0.717, 1.165) is 6.20 Å². The molecule has 0 atom stereocenters. The molecule has 1 saturated heterocycles. The summed E-state index contributed by atoms with van der Waals surface area (Å²) in [5.41, 5.74) is 0.994. The van der Waals surface area contributed by atoms with Crippen LogP contribution >= 0.6 is 0 Å². The van der Waals surface area contributed by atoms with Crippen LogP contribution < -0.4 is 0 Å². The van der Waals surface area contributed by atoms with E-state index in [1.54, 1.807) is 24.3 Å². The van der Waals surface area contributed by atoms with Gasteiger partial charge in [-0.1, -0.05) is 30.0 Å². The lowest BCUT2D eigenvalue weighted by Crippen LogP contribution is -2.50. The summed E-state index contributed by atoms with van der Waals surface area (Å²) in [7, 11) is 0. The summed E-state index contributed by atoms with van der Waals surface area (Å²) in [5.74, 6) is -2.43. The monoisotopic (exact) mass is 459 g/mol. The number of H-pyrrole nitrogens is 1. The van der Waals surface area contributed by atoms with Crippen molar-refractivity contribution in [2.24, 2.45) is 0 Å². The third-order valence-electron chi connectivity index (χ3n) is 5.62. The van der Waals surface area contributed by atoms with Crippen LogP contribution in [-0.4, -0.2) is 72.0 Å². The van der Waals surface area contributed by atoms with Crippen molar-refractivity contribution in [2.75, 3.05) is 19.6 Å². The molecule has 1 N–H and O–H groups in total. The van der Waals surface area contributed by atoms with Gasteiger partial charge in [-0.2, -0.15) is 0 Å². The number of hydrogen-bond acceptors (Lipinski definition) is 6. The lowest BCUT2D eigenvalue weighted by molar-refractivity contribution is -0.127. The first-order chi connectivity index (χ1) is 16.5. The predicted molar refractivity (Wildman–Crippen MR) is 118 cm³/mol. The highest BCUT2D eigenvalue weighted by atomic mass is 19.1. The number of Topliss-reactive ketones (excluding diaryl/α,β-unsaturated/α-hetero) is 1. The van der Waals surface area contributed by atoms with Crippen molar-refractivity contribution in [1.29, 1.82) is 0 Å². The number of rotatable bonds is 4. The van der Waals surface area contributed by atoms with Crippen molar-refractivity contribution in [2.45, 2.75) is 0 Å². The zero-order valence-corrected chi connectivity index (χ0v) is 17.8. The molecule has 0 bridgehead atoms. The number of nitrogens with zero attached hydrogens (tertiary/aromatic N) is 6. The third kappa shape index (κ3) is 3.52. The number of benzene rings is 1. The van der Waals surface area contributed by atoms with Gasteiger partial charge in [-0.25, -0.2) is 14.1 Å². The summed E-state index contributed by atoms with van der Waals surface area (Å²) < 4.78 is 16.0. The number of aromatic nitrogens is 5. The highest BCUT2D eigenvalue weighted by molar-refractivity contribution is 6.45. The molecule has 2 amide bonds. The third-order valence-corrected chi connectivity index (χ3v) is 5.62. The maximum Gasteiger partial charge on any atom is 0.295 e. The molecule has 1 aromatic carbocycles. The van der Waals surface area contributed by atoms with Crippen LogP contribution in [0.5, 0.6) is 0 Å². The fourth-order valence-electron chi connectivity index (χ4n) is 3.95. The Morgan fingerprint density at radius 3 is 2.62 bits per heavy atom. The summed E-state index contributed by atoms with van der Waals surface area (Å²) in [6.07, 6.45) is 5.20. The van der Waals surface area contributed by atoms with E-state index < -0.39 is 17.5 Å². The zero-order valence-electron chi connectivity index (χ0n) is 17.8. The van der Waals surface area contributed by atoms with E-state index >= 15 is 0 Å². The van der Waals surface area contributed by atoms with Gasteiger partial charge in [0.25, 0.3) is 17.6 Å². The number of nitrogens with one attached hydrogen (secondary N) is 1. The maximum atomic E-state index is 14.7. The van der Waals surface area contributed by atoms with E-state index in [0.29, 0.717) is 11.3 Å². The number of halogens is 1. The number of hydrogen-bond donors (Lipinski definition) is 1. The second-order valence-electron chi connectivity index (χ2n) is 7.67. The van der Waals surface area contributed by atoms with Gasteiger partial charge >= 0.3 is 0 Å². The minimum atomic E-state index is -0.878. The summed E-state index contributed by atoms with van der Waals surface area (Å²) in [5, 5.41) is 7.49. The van der Waals surface area contributed by atoms with Crippen molar-refractivity contribution >= 4 is 28.5 Å².